The van der Waals surface area contributed by atoms with Gasteiger partial charge in [0.2, 0.25) is 0 Å². The van der Waals surface area contributed by atoms with Crippen molar-refractivity contribution in [2.75, 3.05) is 0 Å². The first-order valence-corrected chi connectivity index (χ1v) is 11.4. The van der Waals surface area contributed by atoms with Crippen molar-refractivity contribution in [2.45, 2.75) is 65.3 Å². The third-order valence-electron chi connectivity index (χ3n) is 5.51. The zero-order chi connectivity index (χ0) is 24.0. The Labute approximate surface area is 194 Å². The zero-order valence-electron chi connectivity index (χ0n) is 19.1. The number of ketones is 1. The van der Waals surface area contributed by atoms with Crippen LogP contribution >= 0.6 is 11.6 Å². The largest absolute Gasteiger partial charge is 0.481 e. The maximum atomic E-state index is 14.4. The number of allylic oxidation sites excluding steroid dienone is 5. The van der Waals surface area contributed by atoms with Crippen molar-refractivity contribution in [3.8, 4) is 0 Å². The van der Waals surface area contributed by atoms with Gasteiger partial charge in [0, 0.05) is 28.6 Å². The van der Waals surface area contributed by atoms with Crippen LogP contribution in [0.1, 0.15) is 80.4 Å². The SMILES string of the molecule is C=C/C(Cl)=C\C=C\C(=O)c1c2n(c3cc(F)cc(C(C)C)c13)CCCC2CC(=O)O.CC. The van der Waals surface area contributed by atoms with Crippen LogP contribution in [-0.2, 0) is 11.3 Å². The first-order chi connectivity index (χ1) is 15.2. The molecule has 0 bridgehead atoms. The molecule has 1 aromatic heterocycles. The number of nitrogens with zero attached hydrogens (tertiary/aromatic N) is 1. The van der Waals surface area contributed by atoms with E-state index in [1.54, 1.807) is 12.2 Å². The van der Waals surface area contributed by atoms with Crippen LogP contribution in [0.3, 0.4) is 0 Å². The molecule has 32 heavy (non-hydrogen) atoms. The predicted molar refractivity (Wildman–Crippen MR) is 129 cm³/mol. The first kappa shape index (κ1) is 25.6. The van der Waals surface area contributed by atoms with Gasteiger partial charge < -0.3 is 9.67 Å². The van der Waals surface area contributed by atoms with E-state index in [-0.39, 0.29) is 29.9 Å². The van der Waals surface area contributed by atoms with E-state index in [0.29, 0.717) is 40.2 Å². The molecular formula is C26H31ClFNO3. The fourth-order valence-corrected chi connectivity index (χ4v) is 4.35. The van der Waals surface area contributed by atoms with E-state index in [9.17, 15) is 19.1 Å². The van der Waals surface area contributed by atoms with Crippen molar-refractivity contribution < 1.29 is 19.1 Å². The van der Waals surface area contributed by atoms with E-state index in [1.165, 1.54) is 24.3 Å². The predicted octanol–water partition coefficient (Wildman–Crippen LogP) is 7.33. The van der Waals surface area contributed by atoms with Crippen LogP contribution in [-0.4, -0.2) is 21.4 Å². The van der Waals surface area contributed by atoms with Gasteiger partial charge in [-0.3, -0.25) is 9.59 Å². The Morgan fingerprint density at radius 2 is 2.03 bits per heavy atom. The number of carbonyl (C=O) groups is 2. The molecule has 0 saturated heterocycles. The van der Waals surface area contributed by atoms with Crippen LogP contribution in [0.5, 0.6) is 0 Å². The molecule has 0 aliphatic carbocycles. The molecule has 2 aromatic rings. The third kappa shape index (κ3) is 5.39. The molecule has 1 N–H and O–H groups in total. The molecule has 6 heteroatoms. The fourth-order valence-electron chi connectivity index (χ4n) is 4.28. The van der Waals surface area contributed by atoms with Crippen LogP contribution in [0, 0.1) is 5.82 Å². The standard InChI is InChI=1S/C24H25ClFNO3.C2H6/c1-4-16(25)8-5-9-20(28)23-22-18(14(2)3)12-17(26)13-19(22)27-10-6-7-15(24(23)27)11-21(29)30;1-2/h4-5,8-9,12-15H,1,6-7,10-11H2,2-3H3,(H,29,30);1-2H3/b9-5+,16-8+;. The molecule has 172 valence electrons. The Bertz CT molecular complexity index is 1080. The molecule has 1 unspecified atom stereocenters. The second kappa shape index (κ2) is 11.3. The quantitative estimate of drug-likeness (QED) is 0.268. The third-order valence-corrected chi connectivity index (χ3v) is 5.79. The minimum Gasteiger partial charge on any atom is -0.481 e. The molecule has 1 atom stereocenters. The Morgan fingerprint density at radius 1 is 1.34 bits per heavy atom. The summed E-state index contributed by atoms with van der Waals surface area (Å²) in [6.07, 6.45) is 7.39. The van der Waals surface area contributed by atoms with Gasteiger partial charge in [-0.1, -0.05) is 58.0 Å². The number of halogens is 2. The topological polar surface area (TPSA) is 59.3 Å². The highest BCUT2D eigenvalue weighted by atomic mass is 35.5. The summed E-state index contributed by atoms with van der Waals surface area (Å²) in [5.41, 5.74) is 2.57. The summed E-state index contributed by atoms with van der Waals surface area (Å²) in [6, 6.07) is 2.92. The Balaban J connectivity index is 0.00000176. The van der Waals surface area contributed by atoms with Crippen molar-refractivity contribution in [1.82, 2.24) is 4.57 Å². The summed E-state index contributed by atoms with van der Waals surface area (Å²) in [5.74, 6) is -1.82. The molecule has 2 heterocycles. The van der Waals surface area contributed by atoms with Crippen LogP contribution in [0.25, 0.3) is 10.9 Å². The number of aliphatic carboxylic acids is 1. The minimum absolute atomic E-state index is 0.00351. The second-order valence-electron chi connectivity index (χ2n) is 7.87. The zero-order valence-corrected chi connectivity index (χ0v) is 19.9. The summed E-state index contributed by atoms with van der Waals surface area (Å²) in [5, 5.41) is 10.5. The summed E-state index contributed by atoms with van der Waals surface area (Å²) >= 11 is 5.92. The molecular weight excluding hydrogens is 429 g/mol. The fraction of sp³-hybridized carbons (Fsp3) is 0.385. The van der Waals surface area contributed by atoms with Crippen LogP contribution < -0.4 is 0 Å². The van der Waals surface area contributed by atoms with Crippen molar-refractivity contribution in [1.29, 1.82) is 0 Å². The maximum absolute atomic E-state index is 14.4. The Kier molecular flexibility index (Phi) is 9.02. The number of aromatic nitrogens is 1. The van der Waals surface area contributed by atoms with Gasteiger partial charge in [0.05, 0.1) is 17.5 Å². The molecule has 0 saturated carbocycles. The summed E-state index contributed by atoms with van der Waals surface area (Å²) in [4.78, 5) is 24.8. The van der Waals surface area contributed by atoms with Crippen LogP contribution in [0.15, 0.2) is 48.0 Å². The van der Waals surface area contributed by atoms with E-state index in [0.717, 1.165) is 12.0 Å². The molecule has 0 fully saturated rings. The monoisotopic (exact) mass is 459 g/mol. The number of carbonyl (C=O) groups excluding carboxylic acids is 1. The number of carboxylic acids is 1. The second-order valence-corrected chi connectivity index (χ2v) is 8.31. The van der Waals surface area contributed by atoms with Gasteiger partial charge in [0.25, 0.3) is 0 Å². The summed E-state index contributed by atoms with van der Waals surface area (Å²) in [7, 11) is 0. The number of aryl methyl sites for hydroxylation is 1. The molecule has 0 radical (unpaired) electrons. The number of fused-ring (bicyclic) bond motifs is 3. The molecule has 3 rings (SSSR count). The lowest BCUT2D eigenvalue weighted by atomic mass is 9.87. The lowest BCUT2D eigenvalue weighted by Crippen LogP contribution is -2.20. The first-order valence-electron chi connectivity index (χ1n) is 11.0. The number of carboxylic acid groups (broad SMARTS) is 1. The maximum Gasteiger partial charge on any atom is 0.304 e. The highest BCUT2D eigenvalue weighted by molar-refractivity contribution is 6.31. The number of hydrogen-bond acceptors (Lipinski definition) is 2. The highest BCUT2D eigenvalue weighted by Crippen LogP contribution is 2.42. The van der Waals surface area contributed by atoms with Gasteiger partial charge >= 0.3 is 5.97 Å². The molecule has 1 aliphatic heterocycles. The van der Waals surface area contributed by atoms with Gasteiger partial charge in [-0.25, -0.2) is 4.39 Å². The van der Waals surface area contributed by atoms with Crippen LogP contribution in [0.4, 0.5) is 4.39 Å². The number of benzene rings is 1. The van der Waals surface area contributed by atoms with E-state index < -0.39 is 5.97 Å². The van der Waals surface area contributed by atoms with E-state index in [4.69, 9.17) is 11.6 Å². The Morgan fingerprint density at radius 3 is 2.62 bits per heavy atom. The summed E-state index contributed by atoms with van der Waals surface area (Å²) < 4.78 is 16.4. The van der Waals surface area contributed by atoms with Gasteiger partial charge in [-0.15, -0.1) is 0 Å². The van der Waals surface area contributed by atoms with Crippen molar-refractivity contribution >= 4 is 34.3 Å². The van der Waals surface area contributed by atoms with Gasteiger partial charge in [0.15, 0.2) is 5.78 Å². The van der Waals surface area contributed by atoms with E-state index in [1.807, 2.05) is 32.3 Å². The van der Waals surface area contributed by atoms with Crippen LogP contribution in [0.2, 0.25) is 0 Å². The average Bonchev–Trinajstić information content (AvgIpc) is 3.09. The molecule has 1 aromatic carbocycles. The highest BCUT2D eigenvalue weighted by Gasteiger charge is 2.32. The van der Waals surface area contributed by atoms with Crippen molar-refractivity contribution in [2.24, 2.45) is 0 Å². The van der Waals surface area contributed by atoms with Crippen molar-refractivity contribution in [3.63, 3.8) is 0 Å². The average molecular weight is 460 g/mol. The van der Waals surface area contributed by atoms with Gasteiger partial charge in [-0.05, 0) is 48.6 Å². The lowest BCUT2D eigenvalue weighted by molar-refractivity contribution is -0.137. The smallest absolute Gasteiger partial charge is 0.304 e. The molecule has 1 aliphatic rings. The van der Waals surface area contributed by atoms with Crippen molar-refractivity contribution in [3.05, 3.63) is 70.7 Å². The molecule has 4 nitrogen and oxygen atoms in total. The normalized spacial score (nSPS) is 16.1. The summed E-state index contributed by atoms with van der Waals surface area (Å²) in [6.45, 7) is 12.1. The molecule has 0 amide bonds. The molecule has 0 spiro atoms. The van der Waals surface area contributed by atoms with Gasteiger partial charge in [0.1, 0.15) is 5.82 Å². The minimum atomic E-state index is -0.913. The van der Waals surface area contributed by atoms with Gasteiger partial charge in [-0.2, -0.15) is 0 Å². The van der Waals surface area contributed by atoms with E-state index >= 15 is 0 Å². The Hall–Kier alpha value is -2.66. The number of rotatable bonds is 7. The number of hydrogen-bond donors (Lipinski definition) is 1. The lowest BCUT2D eigenvalue weighted by Gasteiger charge is -2.25. The van der Waals surface area contributed by atoms with E-state index in [2.05, 4.69) is 6.58 Å².